The van der Waals surface area contributed by atoms with Gasteiger partial charge in [0.1, 0.15) is 0 Å². The summed E-state index contributed by atoms with van der Waals surface area (Å²) in [6.07, 6.45) is 3.82. The fraction of sp³-hybridized carbons (Fsp3) is 0.316. The highest BCUT2D eigenvalue weighted by Gasteiger charge is 2.28. The second kappa shape index (κ2) is 6.55. The summed E-state index contributed by atoms with van der Waals surface area (Å²) in [5.41, 5.74) is 2.85. The molecule has 1 aliphatic heterocycles. The Labute approximate surface area is 146 Å². The number of fused-ring (bicyclic) bond motifs is 1. The summed E-state index contributed by atoms with van der Waals surface area (Å²) in [6.45, 7) is 3.59. The molecule has 0 aliphatic carbocycles. The molecule has 3 aromatic rings. The standard InChI is InChI=1S/C19H21N5O/c1-14-7-9-16(10-8-14)20-18(25)15-5-4-11-23(13-15)19-22-21-17-6-2-3-12-24(17)19/h2-3,6-10,12,15H,4-5,11,13H2,1H3,(H,20,25)/t15-/m1/s1. The predicted molar refractivity (Wildman–Crippen MR) is 97.7 cm³/mol. The molecule has 0 spiro atoms. The molecule has 0 bridgehead atoms. The highest BCUT2D eigenvalue weighted by atomic mass is 16.1. The molecule has 1 N–H and O–H groups in total. The summed E-state index contributed by atoms with van der Waals surface area (Å²) in [6, 6.07) is 13.7. The van der Waals surface area contributed by atoms with Crippen LogP contribution >= 0.6 is 0 Å². The molecule has 2 aromatic heterocycles. The van der Waals surface area contributed by atoms with E-state index in [2.05, 4.69) is 20.4 Å². The number of carbonyl (C=O) groups is 1. The number of aromatic nitrogens is 3. The third-order valence-electron chi connectivity index (χ3n) is 4.69. The quantitative estimate of drug-likeness (QED) is 0.799. The minimum absolute atomic E-state index is 0.0499. The Morgan fingerprint density at radius 1 is 1.16 bits per heavy atom. The molecule has 128 valence electrons. The van der Waals surface area contributed by atoms with Crippen molar-refractivity contribution in [2.75, 3.05) is 23.3 Å². The maximum atomic E-state index is 12.7. The van der Waals surface area contributed by atoms with Crippen LogP contribution in [0.25, 0.3) is 5.65 Å². The zero-order valence-corrected chi connectivity index (χ0v) is 14.2. The Bertz CT molecular complexity index is 886. The molecule has 6 heteroatoms. The van der Waals surface area contributed by atoms with E-state index in [1.165, 1.54) is 5.56 Å². The summed E-state index contributed by atoms with van der Waals surface area (Å²) in [5, 5.41) is 11.6. The lowest BCUT2D eigenvalue weighted by atomic mass is 9.97. The minimum atomic E-state index is -0.0499. The third kappa shape index (κ3) is 3.20. The van der Waals surface area contributed by atoms with Crippen LogP contribution < -0.4 is 10.2 Å². The number of nitrogens with zero attached hydrogens (tertiary/aromatic N) is 4. The molecule has 4 rings (SSSR count). The molecular weight excluding hydrogens is 314 g/mol. The normalized spacial score (nSPS) is 17.6. The molecule has 0 saturated carbocycles. The van der Waals surface area contributed by atoms with Crippen molar-refractivity contribution < 1.29 is 4.79 Å². The van der Waals surface area contributed by atoms with Crippen LogP contribution in [0.5, 0.6) is 0 Å². The van der Waals surface area contributed by atoms with Crippen LogP contribution in [0.15, 0.2) is 48.7 Å². The Morgan fingerprint density at radius 2 is 2.00 bits per heavy atom. The molecule has 0 radical (unpaired) electrons. The topological polar surface area (TPSA) is 62.5 Å². The first-order valence-electron chi connectivity index (χ1n) is 8.63. The van der Waals surface area contributed by atoms with E-state index in [9.17, 15) is 4.79 Å². The second-order valence-electron chi connectivity index (χ2n) is 6.57. The van der Waals surface area contributed by atoms with E-state index >= 15 is 0 Å². The number of aryl methyl sites for hydroxylation is 1. The number of rotatable bonds is 3. The van der Waals surface area contributed by atoms with Crippen molar-refractivity contribution in [2.45, 2.75) is 19.8 Å². The number of pyridine rings is 1. The molecule has 1 atom stereocenters. The summed E-state index contributed by atoms with van der Waals surface area (Å²) in [5.74, 6) is 0.830. The maximum absolute atomic E-state index is 12.7. The van der Waals surface area contributed by atoms with Gasteiger partial charge < -0.3 is 10.2 Å². The van der Waals surface area contributed by atoms with Gasteiger partial charge in [0.15, 0.2) is 5.65 Å². The number of benzene rings is 1. The highest BCUT2D eigenvalue weighted by molar-refractivity contribution is 5.93. The van der Waals surface area contributed by atoms with E-state index < -0.39 is 0 Å². The first kappa shape index (κ1) is 15.6. The van der Waals surface area contributed by atoms with Gasteiger partial charge >= 0.3 is 0 Å². The van der Waals surface area contributed by atoms with Gasteiger partial charge in [-0.1, -0.05) is 23.8 Å². The number of amides is 1. The van der Waals surface area contributed by atoms with E-state index in [-0.39, 0.29) is 11.8 Å². The zero-order valence-electron chi connectivity index (χ0n) is 14.2. The monoisotopic (exact) mass is 335 g/mol. The largest absolute Gasteiger partial charge is 0.340 e. The summed E-state index contributed by atoms with van der Waals surface area (Å²) in [4.78, 5) is 14.8. The molecule has 1 fully saturated rings. The van der Waals surface area contributed by atoms with Crippen molar-refractivity contribution in [3.8, 4) is 0 Å². The van der Waals surface area contributed by atoms with Gasteiger partial charge in [-0.05, 0) is 44.0 Å². The van der Waals surface area contributed by atoms with Gasteiger partial charge in [-0.2, -0.15) is 0 Å². The van der Waals surface area contributed by atoms with Gasteiger partial charge in [0.2, 0.25) is 11.9 Å². The summed E-state index contributed by atoms with van der Waals surface area (Å²) >= 11 is 0. The lowest BCUT2D eigenvalue weighted by Crippen LogP contribution is -2.41. The smallest absolute Gasteiger partial charge is 0.231 e. The SMILES string of the molecule is Cc1ccc(NC(=O)[C@@H]2CCCN(c3nnc4ccccn34)C2)cc1. The second-order valence-corrected chi connectivity index (χ2v) is 6.57. The van der Waals surface area contributed by atoms with Crippen LogP contribution in [0.2, 0.25) is 0 Å². The Morgan fingerprint density at radius 3 is 2.84 bits per heavy atom. The molecule has 1 saturated heterocycles. The van der Waals surface area contributed by atoms with Crippen molar-refractivity contribution in [2.24, 2.45) is 5.92 Å². The van der Waals surface area contributed by atoms with Crippen molar-refractivity contribution in [3.63, 3.8) is 0 Å². The number of piperidine rings is 1. The Balaban J connectivity index is 1.49. The minimum Gasteiger partial charge on any atom is -0.340 e. The first-order chi connectivity index (χ1) is 12.2. The van der Waals surface area contributed by atoms with Crippen LogP contribution in [-0.2, 0) is 4.79 Å². The number of hydrogen-bond donors (Lipinski definition) is 1. The highest BCUT2D eigenvalue weighted by Crippen LogP contribution is 2.23. The van der Waals surface area contributed by atoms with Gasteiger partial charge in [0.25, 0.3) is 0 Å². The lowest BCUT2D eigenvalue weighted by Gasteiger charge is -2.32. The average molecular weight is 335 g/mol. The maximum Gasteiger partial charge on any atom is 0.231 e. The van der Waals surface area contributed by atoms with Gasteiger partial charge in [0.05, 0.1) is 5.92 Å². The number of carbonyl (C=O) groups excluding carboxylic acids is 1. The zero-order chi connectivity index (χ0) is 17.2. The van der Waals surface area contributed by atoms with E-state index in [0.717, 1.165) is 36.7 Å². The molecule has 6 nitrogen and oxygen atoms in total. The van der Waals surface area contributed by atoms with Crippen LogP contribution in [0.4, 0.5) is 11.6 Å². The first-order valence-corrected chi connectivity index (χ1v) is 8.63. The van der Waals surface area contributed by atoms with Crippen LogP contribution in [-0.4, -0.2) is 33.6 Å². The molecule has 1 aromatic carbocycles. The molecule has 3 heterocycles. The van der Waals surface area contributed by atoms with E-state index in [0.29, 0.717) is 6.54 Å². The fourth-order valence-electron chi connectivity index (χ4n) is 3.30. The molecule has 1 aliphatic rings. The van der Waals surface area contributed by atoms with Crippen LogP contribution in [0, 0.1) is 12.8 Å². The van der Waals surface area contributed by atoms with Gasteiger partial charge in [-0.15, -0.1) is 10.2 Å². The van der Waals surface area contributed by atoms with Gasteiger partial charge in [-0.25, -0.2) is 0 Å². The van der Waals surface area contributed by atoms with Crippen molar-refractivity contribution in [3.05, 3.63) is 54.2 Å². The van der Waals surface area contributed by atoms with E-state index in [1.807, 2.05) is 60.0 Å². The van der Waals surface area contributed by atoms with Crippen LogP contribution in [0.1, 0.15) is 18.4 Å². The number of hydrogen-bond acceptors (Lipinski definition) is 4. The van der Waals surface area contributed by atoms with Gasteiger partial charge in [0, 0.05) is 25.0 Å². The molecule has 0 unspecified atom stereocenters. The summed E-state index contributed by atoms with van der Waals surface area (Å²) in [7, 11) is 0. The van der Waals surface area contributed by atoms with E-state index in [4.69, 9.17) is 0 Å². The fourth-order valence-corrected chi connectivity index (χ4v) is 3.30. The molecule has 1 amide bonds. The van der Waals surface area contributed by atoms with Crippen molar-refractivity contribution in [1.82, 2.24) is 14.6 Å². The van der Waals surface area contributed by atoms with Crippen LogP contribution in [0.3, 0.4) is 0 Å². The lowest BCUT2D eigenvalue weighted by molar-refractivity contribution is -0.120. The van der Waals surface area contributed by atoms with Crippen molar-refractivity contribution in [1.29, 1.82) is 0 Å². The number of anilines is 2. The Kier molecular flexibility index (Phi) is 4.09. The molecular formula is C19H21N5O. The van der Waals surface area contributed by atoms with Crippen molar-refractivity contribution >= 4 is 23.2 Å². The average Bonchev–Trinajstić information content (AvgIpc) is 3.08. The Hall–Kier alpha value is -2.89. The molecule has 25 heavy (non-hydrogen) atoms. The van der Waals surface area contributed by atoms with Gasteiger partial charge in [-0.3, -0.25) is 9.20 Å². The third-order valence-corrected chi connectivity index (χ3v) is 4.69. The number of nitrogens with one attached hydrogen (secondary N) is 1. The predicted octanol–water partition coefficient (Wildman–Crippen LogP) is 2.89. The summed E-state index contributed by atoms with van der Waals surface area (Å²) < 4.78 is 1.97. The van der Waals surface area contributed by atoms with E-state index in [1.54, 1.807) is 0 Å².